The number of esters is 1. The van der Waals surface area contributed by atoms with E-state index in [0.717, 1.165) is 0 Å². The number of ketones is 1. The van der Waals surface area contributed by atoms with Crippen molar-refractivity contribution in [2.45, 2.75) is 13.8 Å². The highest BCUT2D eigenvalue weighted by Crippen LogP contribution is 2.05. The Morgan fingerprint density at radius 2 is 1.92 bits per heavy atom. The van der Waals surface area contributed by atoms with Crippen molar-refractivity contribution in [3.05, 3.63) is 0 Å². The van der Waals surface area contributed by atoms with Crippen LogP contribution in [0, 0.1) is 5.92 Å². The maximum Gasteiger partial charge on any atom is 0.315 e. The van der Waals surface area contributed by atoms with E-state index in [4.69, 9.17) is 0 Å². The van der Waals surface area contributed by atoms with Gasteiger partial charge in [-0.25, -0.2) is 0 Å². The van der Waals surface area contributed by atoms with Crippen molar-refractivity contribution in [1.29, 1.82) is 0 Å². The summed E-state index contributed by atoms with van der Waals surface area (Å²) in [4.78, 5) is 21.6. The highest BCUT2D eigenvalue weighted by atomic mass is 32.2. The molecule has 0 amide bonds. The minimum Gasteiger partial charge on any atom is -0.468 e. The molecule has 0 rings (SSSR count). The van der Waals surface area contributed by atoms with Gasteiger partial charge in [0.1, 0.15) is 5.78 Å². The molecule has 0 spiro atoms. The molecule has 0 saturated heterocycles. The molecule has 0 aromatic carbocycles. The summed E-state index contributed by atoms with van der Waals surface area (Å²) in [6.07, 6.45) is 0. The van der Waals surface area contributed by atoms with Crippen molar-refractivity contribution >= 4 is 23.5 Å². The van der Waals surface area contributed by atoms with E-state index in [1.165, 1.54) is 18.9 Å². The Kier molecular flexibility index (Phi) is 5.80. The first-order chi connectivity index (χ1) is 5.57. The molecule has 0 radical (unpaired) electrons. The first-order valence-electron chi connectivity index (χ1n) is 3.75. The van der Waals surface area contributed by atoms with Crippen LogP contribution in [-0.2, 0) is 14.3 Å². The number of thioether (sulfide) groups is 1. The maximum absolute atomic E-state index is 11.0. The molecule has 0 aliphatic heterocycles. The summed E-state index contributed by atoms with van der Waals surface area (Å²) in [7, 11) is 1.34. The second kappa shape index (κ2) is 6.06. The van der Waals surface area contributed by atoms with Gasteiger partial charge in [0.05, 0.1) is 18.6 Å². The topological polar surface area (TPSA) is 43.4 Å². The van der Waals surface area contributed by atoms with Crippen LogP contribution in [0.2, 0.25) is 0 Å². The zero-order valence-corrected chi connectivity index (χ0v) is 8.44. The van der Waals surface area contributed by atoms with Crippen LogP contribution in [-0.4, -0.2) is 30.4 Å². The van der Waals surface area contributed by atoms with Gasteiger partial charge < -0.3 is 4.74 Å². The maximum atomic E-state index is 11.0. The van der Waals surface area contributed by atoms with Crippen molar-refractivity contribution in [1.82, 2.24) is 0 Å². The van der Waals surface area contributed by atoms with Gasteiger partial charge in [0, 0.05) is 5.92 Å². The monoisotopic (exact) mass is 190 g/mol. The third kappa shape index (κ3) is 5.18. The summed E-state index contributed by atoms with van der Waals surface area (Å²) in [6, 6.07) is 0. The summed E-state index contributed by atoms with van der Waals surface area (Å²) in [5.41, 5.74) is 0. The third-order valence-electron chi connectivity index (χ3n) is 1.34. The zero-order valence-electron chi connectivity index (χ0n) is 7.62. The average Bonchev–Trinajstić information content (AvgIpc) is 2.03. The van der Waals surface area contributed by atoms with Crippen molar-refractivity contribution in [2.75, 3.05) is 18.6 Å². The van der Waals surface area contributed by atoms with Crippen molar-refractivity contribution in [3.8, 4) is 0 Å². The molecule has 3 nitrogen and oxygen atoms in total. The normalized spacial score (nSPS) is 10.0. The lowest BCUT2D eigenvalue weighted by Crippen LogP contribution is -2.12. The Balaban J connectivity index is 3.44. The summed E-state index contributed by atoms with van der Waals surface area (Å²) in [5, 5.41) is 0. The predicted octanol–water partition coefficient (Wildman–Crippen LogP) is 1.12. The molecule has 12 heavy (non-hydrogen) atoms. The molecule has 0 N–H and O–H groups in total. The number of Topliss-reactive ketones (excluding diaryl/α,β-unsaturated/α-hetero) is 1. The number of hydrogen-bond donors (Lipinski definition) is 0. The fourth-order valence-corrected chi connectivity index (χ4v) is 1.38. The minimum atomic E-state index is -0.281. The molecule has 4 heteroatoms. The Morgan fingerprint density at radius 3 is 2.33 bits per heavy atom. The summed E-state index contributed by atoms with van der Waals surface area (Å²) in [6.45, 7) is 3.70. The highest BCUT2D eigenvalue weighted by Gasteiger charge is 2.08. The van der Waals surface area contributed by atoms with Gasteiger partial charge in [0.2, 0.25) is 0 Å². The molecule has 0 unspecified atom stereocenters. The Labute approximate surface area is 76.9 Å². The molecule has 0 aliphatic rings. The van der Waals surface area contributed by atoms with Crippen molar-refractivity contribution in [3.63, 3.8) is 0 Å². The minimum absolute atomic E-state index is 0.0511. The lowest BCUT2D eigenvalue weighted by Gasteiger charge is -2.02. The number of ether oxygens (including phenoxy) is 1. The fraction of sp³-hybridized carbons (Fsp3) is 0.750. The second-order valence-electron chi connectivity index (χ2n) is 2.69. The van der Waals surface area contributed by atoms with Gasteiger partial charge in [-0.05, 0) is 0 Å². The molecular weight excluding hydrogens is 176 g/mol. The lowest BCUT2D eigenvalue weighted by molar-refractivity contribution is -0.137. The van der Waals surface area contributed by atoms with Crippen LogP contribution < -0.4 is 0 Å². The van der Waals surface area contributed by atoms with Crippen LogP contribution in [0.5, 0.6) is 0 Å². The fourth-order valence-electron chi connectivity index (χ4n) is 0.461. The quantitative estimate of drug-likeness (QED) is 0.609. The highest BCUT2D eigenvalue weighted by molar-refractivity contribution is 8.00. The van der Waals surface area contributed by atoms with E-state index in [2.05, 4.69) is 4.74 Å². The van der Waals surface area contributed by atoms with Gasteiger partial charge in [-0.2, -0.15) is 0 Å². The van der Waals surface area contributed by atoms with Crippen LogP contribution in [0.1, 0.15) is 13.8 Å². The first-order valence-corrected chi connectivity index (χ1v) is 4.90. The van der Waals surface area contributed by atoms with Crippen molar-refractivity contribution in [2.24, 2.45) is 5.92 Å². The van der Waals surface area contributed by atoms with E-state index in [-0.39, 0.29) is 23.4 Å². The largest absolute Gasteiger partial charge is 0.468 e. The number of carbonyl (C=O) groups excluding carboxylic acids is 2. The molecular formula is C8H14O3S. The molecule has 0 heterocycles. The summed E-state index contributed by atoms with van der Waals surface area (Å²) >= 11 is 1.30. The van der Waals surface area contributed by atoms with E-state index in [1.54, 1.807) is 0 Å². The SMILES string of the molecule is COC(=O)CSCC(=O)C(C)C. The third-order valence-corrected chi connectivity index (χ3v) is 2.26. The van der Waals surface area contributed by atoms with Crippen LogP contribution >= 0.6 is 11.8 Å². The summed E-state index contributed by atoms with van der Waals surface area (Å²) < 4.78 is 4.42. The van der Waals surface area contributed by atoms with E-state index in [1.807, 2.05) is 13.8 Å². The Bertz CT molecular complexity index is 166. The van der Waals surface area contributed by atoms with Crippen LogP contribution in [0.3, 0.4) is 0 Å². The number of rotatable bonds is 5. The number of methoxy groups -OCH3 is 1. The molecule has 0 fully saturated rings. The van der Waals surface area contributed by atoms with Gasteiger partial charge >= 0.3 is 5.97 Å². The molecule has 0 aliphatic carbocycles. The van der Waals surface area contributed by atoms with Crippen molar-refractivity contribution < 1.29 is 14.3 Å². The van der Waals surface area contributed by atoms with Gasteiger partial charge in [-0.3, -0.25) is 9.59 Å². The molecule has 0 aromatic heterocycles. The molecule has 0 aromatic rings. The van der Waals surface area contributed by atoms with Crippen LogP contribution in [0.15, 0.2) is 0 Å². The van der Waals surface area contributed by atoms with E-state index in [0.29, 0.717) is 5.75 Å². The zero-order chi connectivity index (χ0) is 9.56. The van der Waals surface area contributed by atoms with E-state index in [9.17, 15) is 9.59 Å². The smallest absolute Gasteiger partial charge is 0.315 e. The van der Waals surface area contributed by atoms with Gasteiger partial charge in [0.15, 0.2) is 0 Å². The lowest BCUT2D eigenvalue weighted by atomic mass is 10.1. The van der Waals surface area contributed by atoms with Crippen LogP contribution in [0.4, 0.5) is 0 Å². The average molecular weight is 190 g/mol. The van der Waals surface area contributed by atoms with Gasteiger partial charge in [-0.1, -0.05) is 13.8 Å². The summed E-state index contributed by atoms with van der Waals surface area (Å²) in [5.74, 6) is 0.595. The van der Waals surface area contributed by atoms with E-state index >= 15 is 0 Å². The predicted molar refractivity (Wildman–Crippen MR) is 49.2 cm³/mol. The molecule has 0 bridgehead atoms. The second-order valence-corrected chi connectivity index (χ2v) is 3.68. The number of carbonyl (C=O) groups is 2. The van der Waals surface area contributed by atoms with Crippen LogP contribution in [0.25, 0.3) is 0 Å². The Morgan fingerprint density at radius 1 is 1.33 bits per heavy atom. The molecule has 70 valence electrons. The first kappa shape index (κ1) is 11.5. The van der Waals surface area contributed by atoms with Gasteiger partial charge in [-0.15, -0.1) is 11.8 Å². The van der Waals surface area contributed by atoms with E-state index < -0.39 is 0 Å². The molecule has 0 saturated carbocycles. The standard InChI is InChI=1S/C8H14O3S/c1-6(2)7(9)4-12-5-8(10)11-3/h6H,4-5H2,1-3H3. The van der Waals surface area contributed by atoms with Gasteiger partial charge in [0.25, 0.3) is 0 Å². The Hall–Kier alpha value is -0.510. The molecule has 0 atom stereocenters. The number of hydrogen-bond acceptors (Lipinski definition) is 4.